The number of carbonyl (C=O) groups is 1. The summed E-state index contributed by atoms with van der Waals surface area (Å²) in [5, 5.41) is 6.39. The van der Waals surface area contributed by atoms with Crippen LogP contribution in [0.4, 0.5) is 0 Å². The molecule has 4 nitrogen and oxygen atoms in total. The summed E-state index contributed by atoms with van der Waals surface area (Å²) in [6.45, 7) is 4.00. The Morgan fingerprint density at radius 1 is 1.37 bits per heavy atom. The van der Waals surface area contributed by atoms with Crippen molar-refractivity contribution in [2.75, 3.05) is 13.1 Å². The van der Waals surface area contributed by atoms with Crippen LogP contribution in [0, 0.1) is 0 Å². The summed E-state index contributed by atoms with van der Waals surface area (Å²) in [6, 6.07) is 1.78. The largest absolute Gasteiger partial charge is 0.347 e. The molecular formula is C12H18BrCl2N3O. The first kappa shape index (κ1) is 18.6. The standard InChI is InChI=1S/C12H16BrN3O.2ClH/c1-12(2-4-14-5-3-12)16-11(17)9-6-10(13)8-15-7-9;;/h6-8,14H,2-5H2,1H3,(H,16,17);2*1H. The lowest BCUT2D eigenvalue weighted by Crippen LogP contribution is -2.52. The molecule has 1 amide bonds. The molecule has 1 fully saturated rings. The number of nitrogens with one attached hydrogen (secondary N) is 2. The van der Waals surface area contributed by atoms with E-state index >= 15 is 0 Å². The predicted molar refractivity (Wildman–Crippen MR) is 84.4 cm³/mol. The minimum atomic E-state index is -0.106. The van der Waals surface area contributed by atoms with E-state index in [2.05, 4.69) is 38.5 Å². The van der Waals surface area contributed by atoms with Crippen LogP contribution in [0.1, 0.15) is 30.1 Å². The quantitative estimate of drug-likeness (QED) is 0.841. The zero-order valence-corrected chi connectivity index (χ0v) is 13.8. The summed E-state index contributed by atoms with van der Waals surface area (Å²) < 4.78 is 0.820. The Labute approximate surface area is 134 Å². The summed E-state index contributed by atoms with van der Waals surface area (Å²) in [7, 11) is 0. The number of rotatable bonds is 2. The smallest absolute Gasteiger partial charge is 0.253 e. The molecule has 1 aromatic rings. The van der Waals surface area contributed by atoms with Crippen LogP contribution in [0.25, 0.3) is 0 Å². The number of aromatic nitrogens is 1. The summed E-state index contributed by atoms with van der Waals surface area (Å²) in [5.41, 5.74) is 0.490. The second-order valence-corrected chi connectivity index (χ2v) is 5.57. The van der Waals surface area contributed by atoms with E-state index in [0.29, 0.717) is 5.56 Å². The fourth-order valence-corrected chi connectivity index (χ4v) is 2.35. The number of pyridine rings is 1. The third-order valence-electron chi connectivity index (χ3n) is 3.09. The van der Waals surface area contributed by atoms with Gasteiger partial charge in [0, 0.05) is 22.4 Å². The Kier molecular flexibility index (Phi) is 7.89. The summed E-state index contributed by atoms with van der Waals surface area (Å²) >= 11 is 3.32. The van der Waals surface area contributed by atoms with Gasteiger partial charge in [-0.2, -0.15) is 0 Å². The zero-order valence-electron chi connectivity index (χ0n) is 10.6. The molecule has 0 saturated carbocycles. The first-order valence-corrected chi connectivity index (χ1v) is 6.52. The van der Waals surface area contributed by atoms with Crippen molar-refractivity contribution in [2.45, 2.75) is 25.3 Å². The maximum absolute atomic E-state index is 12.1. The SMILES string of the molecule is CC1(NC(=O)c2cncc(Br)c2)CCNCC1.Cl.Cl. The highest BCUT2D eigenvalue weighted by Gasteiger charge is 2.28. The van der Waals surface area contributed by atoms with Gasteiger partial charge in [0.05, 0.1) is 5.56 Å². The van der Waals surface area contributed by atoms with E-state index in [1.165, 1.54) is 0 Å². The van der Waals surface area contributed by atoms with Gasteiger partial charge in [0.1, 0.15) is 0 Å². The number of piperidine rings is 1. The highest BCUT2D eigenvalue weighted by molar-refractivity contribution is 9.10. The van der Waals surface area contributed by atoms with Gasteiger partial charge in [0.2, 0.25) is 0 Å². The van der Waals surface area contributed by atoms with Gasteiger partial charge in [0.25, 0.3) is 5.91 Å². The predicted octanol–water partition coefficient (Wildman–Crippen LogP) is 2.56. The highest BCUT2D eigenvalue weighted by atomic mass is 79.9. The fourth-order valence-electron chi connectivity index (χ4n) is 1.99. The van der Waals surface area contributed by atoms with Gasteiger partial charge < -0.3 is 10.6 Å². The van der Waals surface area contributed by atoms with Gasteiger partial charge in [-0.05, 0) is 54.9 Å². The average molecular weight is 371 g/mol. The molecule has 2 N–H and O–H groups in total. The molecule has 0 aromatic carbocycles. The molecule has 7 heteroatoms. The maximum atomic E-state index is 12.1. The van der Waals surface area contributed by atoms with Crippen LogP contribution in [0.5, 0.6) is 0 Å². The van der Waals surface area contributed by atoms with Crippen molar-refractivity contribution in [3.05, 3.63) is 28.5 Å². The maximum Gasteiger partial charge on any atom is 0.253 e. The molecule has 0 bridgehead atoms. The van der Waals surface area contributed by atoms with Crippen molar-refractivity contribution < 1.29 is 4.79 Å². The van der Waals surface area contributed by atoms with Crippen LogP contribution in [-0.4, -0.2) is 29.5 Å². The van der Waals surface area contributed by atoms with Crippen LogP contribution < -0.4 is 10.6 Å². The van der Waals surface area contributed by atoms with Crippen molar-refractivity contribution in [1.29, 1.82) is 0 Å². The number of carbonyl (C=O) groups excluding carboxylic acids is 1. The van der Waals surface area contributed by atoms with Gasteiger partial charge in [-0.3, -0.25) is 9.78 Å². The van der Waals surface area contributed by atoms with Crippen molar-refractivity contribution >= 4 is 46.7 Å². The van der Waals surface area contributed by atoms with E-state index in [-0.39, 0.29) is 36.3 Å². The third-order valence-corrected chi connectivity index (χ3v) is 3.52. The molecule has 19 heavy (non-hydrogen) atoms. The molecular weight excluding hydrogens is 353 g/mol. The Morgan fingerprint density at radius 3 is 2.58 bits per heavy atom. The van der Waals surface area contributed by atoms with E-state index in [1.54, 1.807) is 18.5 Å². The molecule has 0 radical (unpaired) electrons. The molecule has 0 aliphatic carbocycles. The fraction of sp³-hybridized carbons (Fsp3) is 0.500. The third kappa shape index (κ3) is 5.26. The van der Waals surface area contributed by atoms with Crippen LogP contribution >= 0.6 is 40.7 Å². The number of hydrogen-bond acceptors (Lipinski definition) is 3. The number of hydrogen-bond donors (Lipinski definition) is 2. The molecule has 1 aliphatic heterocycles. The van der Waals surface area contributed by atoms with Crippen LogP contribution in [-0.2, 0) is 0 Å². The van der Waals surface area contributed by atoms with Gasteiger partial charge in [-0.25, -0.2) is 0 Å². The van der Waals surface area contributed by atoms with E-state index in [1.807, 2.05) is 0 Å². The van der Waals surface area contributed by atoms with Crippen molar-refractivity contribution in [3.8, 4) is 0 Å². The van der Waals surface area contributed by atoms with Gasteiger partial charge in [-0.1, -0.05) is 0 Å². The van der Waals surface area contributed by atoms with Gasteiger partial charge in [0.15, 0.2) is 0 Å². The normalized spacial score (nSPS) is 16.7. The van der Waals surface area contributed by atoms with Crippen LogP contribution in [0.15, 0.2) is 22.9 Å². The molecule has 0 unspecified atom stereocenters. The summed E-state index contributed by atoms with van der Waals surface area (Å²) in [6.07, 6.45) is 5.17. The molecule has 108 valence electrons. The van der Waals surface area contributed by atoms with Crippen molar-refractivity contribution in [1.82, 2.24) is 15.6 Å². The summed E-state index contributed by atoms with van der Waals surface area (Å²) in [4.78, 5) is 16.1. The average Bonchev–Trinajstić information content (AvgIpc) is 2.29. The first-order valence-electron chi connectivity index (χ1n) is 5.73. The minimum absolute atomic E-state index is 0. The monoisotopic (exact) mass is 369 g/mol. The van der Waals surface area contributed by atoms with E-state index < -0.39 is 0 Å². The van der Waals surface area contributed by atoms with E-state index in [4.69, 9.17) is 0 Å². The van der Waals surface area contributed by atoms with Crippen LogP contribution in [0.2, 0.25) is 0 Å². The Balaban J connectivity index is 0.00000162. The van der Waals surface area contributed by atoms with E-state index in [0.717, 1.165) is 30.4 Å². The molecule has 0 spiro atoms. The molecule has 1 saturated heterocycles. The minimum Gasteiger partial charge on any atom is -0.347 e. The topological polar surface area (TPSA) is 54.0 Å². The molecule has 1 aliphatic rings. The van der Waals surface area contributed by atoms with Crippen LogP contribution in [0.3, 0.4) is 0 Å². The van der Waals surface area contributed by atoms with E-state index in [9.17, 15) is 4.79 Å². The second-order valence-electron chi connectivity index (χ2n) is 4.66. The molecule has 0 atom stereocenters. The van der Waals surface area contributed by atoms with Gasteiger partial charge in [-0.15, -0.1) is 24.8 Å². The lowest BCUT2D eigenvalue weighted by atomic mass is 9.90. The molecule has 1 aromatic heterocycles. The van der Waals surface area contributed by atoms with Gasteiger partial charge >= 0.3 is 0 Å². The second kappa shape index (κ2) is 8.04. The summed E-state index contributed by atoms with van der Waals surface area (Å²) in [5.74, 6) is -0.0526. The van der Waals surface area contributed by atoms with Crippen molar-refractivity contribution in [2.24, 2.45) is 0 Å². The number of amides is 1. The lowest BCUT2D eigenvalue weighted by molar-refractivity contribution is 0.0887. The Morgan fingerprint density at radius 2 is 2.00 bits per heavy atom. The highest BCUT2D eigenvalue weighted by Crippen LogP contribution is 2.18. The number of halogens is 3. The zero-order chi connectivity index (χ0) is 12.3. The van der Waals surface area contributed by atoms with Crippen molar-refractivity contribution in [3.63, 3.8) is 0 Å². The lowest BCUT2D eigenvalue weighted by Gasteiger charge is -2.34. The Hall–Kier alpha value is -0.360. The number of nitrogens with zero attached hydrogens (tertiary/aromatic N) is 1. The molecule has 2 rings (SSSR count). The molecule has 2 heterocycles. The Bertz CT molecular complexity index is 425. The first-order chi connectivity index (χ1) is 8.09.